The fraction of sp³-hybridized carbons (Fsp3) is 0.154. The highest BCUT2D eigenvalue weighted by atomic mass is 16.5. The lowest BCUT2D eigenvalue weighted by Gasteiger charge is -2.08. The van der Waals surface area contributed by atoms with Gasteiger partial charge in [-0.2, -0.15) is 5.26 Å². The molecule has 0 unspecified atom stereocenters. The first-order chi connectivity index (χ1) is 8.20. The Labute approximate surface area is 99.5 Å². The summed E-state index contributed by atoms with van der Waals surface area (Å²) in [4.78, 5) is 7.89. The van der Waals surface area contributed by atoms with Crippen molar-refractivity contribution in [2.75, 3.05) is 0 Å². The molecule has 0 saturated carbocycles. The van der Waals surface area contributed by atoms with E-state index in [1.54, 1.807) is 0 Å². The van der Waals surface area contributed by atoms with Crippen LogP contribution in [0, 0.1) is 25.2 Å². The molecule has 0 N–H and O–H groups in total. The van der Waals surface area contributed by atoms with Crippen LogP contribution in [0.4, 0.5) is 0 Å². The number of hydrogen-bond donors (Lipinski definition) is 0. The molecule has 2 rings (SSSR count). The number of benzene rings is 1. The first-order valence-electron chi connectivity index (χ1n) is 5.17. The van der Waals surface area contributed by atoms with E-state index in [0.717, 1.165) is 11.1 Å². The van der Waals surface area contributed by atoms with Gasteiger partial charge < -0.3 is 4.74 Å². The fourth-order valence-corrected chi connectivity index (χ4v) is 1.49. The molecule has 1 aromatic heterocycles. The van der Waals surface area contributed by atoms with Crippen molar-refractivity contribution in [3.05, 3.63) is 47.4 Å². The summed E-state index contributed by atoms with van der Waals surface area (Å²) in [5, 5.41) is 8.88. The monoisotopic (exact) mass is 225 g/mol. The largest absolute Gasteiger partial charge is 0.436 e. The molecule has 1 heterocycles. The van der Waals surface area contributed by atoms with Gasteiger partial charge in [-0.05, 0) is 25.5 Å². The molecule has 0 atom stereocenters. The molecule has 4 heteroatoms. The fourth-order valence-electron chi connectivity index (χ4n) is 1.49. The molecule has 0 bridgehead atoms. The molecule has 0 radical (unpaired) electrons. The van der Waals surface area contributed by atoms with Gasteiger partial charge in [0.05, 0.1) is 0 Å². The van der Waals surface area contributed by atoms with Gasteiger partial charge in [-0.25, -0.2) is 9.97 Å². The van der Waals surface area contributed by atoms with Crippen molar-refractivity contribution in [2.24, 2.45) is 0 Å². The molecule has 2 aromatic rings. The molecule has 0 amide bonds. The minimum atomic E-state index is 0.187. The Morgan fingerprint density at radius 2 is 1.94 bits per heavy atom. The van der Waals surface area contributed by atoms with Gasteiger partial charge in [0.25, 0.3) is 5.88 Å². The number of hydrogen-bond acceptors (Lipinski definition) is 4. The van der Waals surface area contributed by atoms with Crippen LogP contribution < -0.4 is 4.74 Å². The molecule has 17 heavy (non-hydrogen) atoms. The Balaban J connectivity index is 2.35. The summed E-state index contributed by atoms with van der Waals surface area (Å²) in [6.45, 7) is 3.96. The number of rotatable bonds is 2. The van der Waals surface area contributed by atoms with E-state index in [0.29, 0.717) is 5.75 Å². The topological polar surface area (TPSA) is 58.8 Å². The molecule has 0 aliphatic carbocycles. The molecule has 0 aliphatic heterocycles. The molecular formula is C13H11N3O. The number of nitriles is 1. The SMILES string of the molecule is Cc1ccc(Oc2nccnc2C#N)c(C)c1. The highest BCUT2D eigenvalue weighted by molar-refractivity contribution is 5.40. The van der Waals surface area contributed by atoms with Crippen molar-refractivity contribution in [1.82, 2.24) is 9.97 Å². The van der Waals surface area contributed by atoms with E-state index < -0.39 is 0 Å². The molecule has 1 aromatic carbocycles. The van der Waals surface area contributed by atoms with Crippen molar-refractivity contribution in [3.63, 3.8) is 0 Å². The third-order valence-corrected chi connectivity index (χ3v) is 2.31. The number of aromatic nitrogens is 2. The highest BCUT2D eigenvalue weighted by Gasteiger charge is 2.08. The van der Waals surface area contributed by atoms with Gasteiger partial charge >= 0.3 is 0 Å². The maximum absolute atomic E-state index is 8.88. The number of ether oxygens (including phenoxy) is 1. The van der Waals surface area contributed by atoms with Gasteiger partial charge in [0.2, 0.25) is 5.69 Å². The third-order valence-electron chi connectivity index (χ3n) is 2.31. The lowest BCUT2D eigenvalue weighted by atomic mass is 10.1. The summed E-state index contributed by atoms with van der Waals surface area (Å²) in [6, 6.07) is 7.77. The maximum atomic E-state index is 8.88. The summed E-state index contributed by atoms with van der Waals surface area (Å²) in [5.41, 5.74) is 2.35. The van der Waals surface area contributed by atoms with Crippen LogP contribution in [0.3, 0.4) is 0 Å². The van der Waals surface area contributed by atoms with Gasteiger partial charge in [-0.1, -0.05) is 17.7 Å². The molecule has 0 saturated heterocycles. The van der Waals surface area contributed by atoms with Crippen LogP contribution in [-0.4, -0.2) is 9.97 Å². The minimum Gasteiger partial charge on any atom is -0.436 e. The zero-order chi connectivity index (χ0) is 12.3. The first kappa shape index (κ1) is 11.1. The van der Waals surface area contributed by atoms with E-state index in [9.17, 15) is 0 Å². The highest BCUT2D eigenvalue weighted by Crippen LogP contribution is 2.25. The van der Waals surface area contributed by atoms with E-state index in [2.05, 4.69) is 9.97 Å². The number of nitrogens with zero attached hydrogens (tertiary/aromatic N) is 3. The van der Waals surface area contributed by atoms with E-state index in [1.165, 1.54) is 12.4 Å². The standard InChI is InChI=1S/C13H11N3O/c1-9-3-4-12(10(2)7-9)17-13-11(8-14)15-5-6-16-13/h3-7H,1-2H3. The zero-order valence-electron chi connectivity index (χ0n) is 9.64. The Kier molecular flexibility index (Phi) is 3.01. The minimum absolute atomic E-state index is 0.187. The Hall–Kier alpha value is -2.41. The molecule has 4 nitrogen and oxygen atoms in total. The van der Waals surface area contributed by atoms with E-state index in [1.807, 2.05) is 38.1 Å². The van der Waals surface area contributed by atoms with Crippen molar-refractivity contribution in [2.45, 2.75) is 13.8 Å². The number of aryl methyl sites for hydroxylation is 2. The van der Waals surface area contributed by atoms with Crippen LogP contribution in [0.15, 0.2) is 30.6 Å². The van der Waals surface area contributed by atoms with Crippen LogP contribution in [0.1, 0.15) is 16.8 Å². The van der Waals surface area contributed by atoms with Crippen LogP contribution in [0.25, 0.3) is 0 Å². The van der Waals surface area contributed by atoms with Crippen molar-refractivity contribution in [1.29, 1.82) is 5.26 Å². The molecule has 0 aliphatic rings. The second-order valence-electron chi connectivity index (χ2n) is 3.69. The molecular weight excluding hydrogens is 214 g/mol. The lowest BCUT2D eigenvalue weighted by molar-refractivity contribution is 0.454. The maximum Gasteiger partial charge on any atom is 0.256 e. The van der Waals surface area contributed by atoms with Gasteiger partial charge in [0.1, 0.15) is 11.8 Å². The van der Waals surface area contributed by atoms with Gasteiger partial charge in [-0.3, -0.25) is 0 Å². The van der Waals surface area contributed by atoms with E-state index >= 15 is 0 Å². The van der Waals surface area contributed by atoms with E-state index in [4.69, 9.17) is 10.00 Å². The van der Waals surface area contributed by atoms with Crippen molar-refractivity contribution in [3.8, 4) is 17.7 Å². The third kappa shape index (κ3) is 2.40. The average Bonchev–Trinajstić information content (AvgIpc) is 2.33. The molecule has 0 spiro atoms. The summed E-state index contributed by atoms with van der Waals surface area (Å²) < 4.78 is 5.59. The summed E-state index contributed by atoms with van der Waals surface area (Å²) in [5.74, 6) is 0.926. The van der Waals surface area contributed by atoms with Gasteiger partial charge in [-0.15, -0.1) is 0 Å². The Bertz CT molecular complexity index is 587. The summed E-state index contributed by atoms with van der Waals surface area (Å²) in [6.07, 6.45) is 2.97. The second kappa shape index (κ2) is 4.62. The van der Waals surface area contributed by atoms with Gasteiger partial charge in [0.15, 0.2) is 0 Å². The van der Waals surface area contributed by atoms with Crippen LogP contribution >= 0.6 is 0 Å². The quantitative estimate of drug-likeness (QED) is 0.788. The van der Waals surface area contributed by atoms with Gasteiger partial charge in [0, 0.05) is 12.4 Å². The summed E-state index contributed by atoms with van der Waals surface area (Å²) in [7, 11) is 0. The van der Waals surface area contributed by atoms with Crippen molar-refractivity contribution < 1.29 is 4.74 Å². The average molecular weight is 225 g/mol. The Morgan fingerprint density at radius 3 is 2.65 bits per heavy atom. The zero-order valence-corrected chi connectivity index (χ0v) is 9.64. The smallest absolute Gasteiger partial charge is 0.256 e. The second-order valence-corrected chi connectivity index (χ2v) is 3.69. The summed E-state index contributed by atoms with van der Waals surface area (Å²) >= 11 is 0. The van der Waals surface area contributed by atoms with Crippen LogP contribution in [0.2, 0.25) is 0 Å². The lowest BCUT2D eigenvalue weighted by Crippen LogP contribution is -1.95. The molecule has 0 fully saturated rings. The molecule has 84 valence electrons. The van der Waals surface area contributed by atoms with E-state index in [-0.39, 0.29) is 11.6 Å². The predicted octanol–water partition coefficient (Wildman–Crippen LogP) is 2.76. The normalized spacial score (nSPS) is 9.71. The first-order valence-corrected chi connectivity index (χ1v) is 5.17. The van der Waals surface area contributed by atoms with Crippen molar-refractivity contribution >= 4 is 0 Å². The Morgan fingerprint density at radius 1 is 1.18 bits per heavy atom. The predicted molar refractivity (Wildman–Crippen MR) is 62.7 cm³/mol. The van der Waals surface area contributed by atoms with Crippen LogP contribution in [0.5, 0.6) is 11.6 Å². The van der Waals surface area contributed by atoms with Crippen LogP contribution in [-0.2, 0) is 0 Å².